The summed E-state index contributed by atoms with van der Waals surface area (Å²) in [7, 11) is 0. The van der Waals surface area contributed by atoms with Crippen molar-refractivity contribution >= 4 is 23.3 Å². The molecule has 0 bridgehead atoms. The number of aliphatic hydroxyl groups excluding tert-OH is 1. The predicted octanol–water partition coefficient (Wildman–Crippen LogP) is 3.31. The summed E-state index contributed by atoms with van der Waals surface area (Å²) in [5.41, 5.74) is 2.03. The molecule has 0 radical (unpaired) electrons. The largest absolute Gasteiger partial charge is 0.507 e. The van der Waals surface area contributed by atoms with Crippen LogP contribution in [0.25, 0.3) is 5.76 Å². The van der Waals surface area contributed by atoms with E-state index in [9.17, 15) is 14.7 Å². The summed E-state index contributed by atoms with van der Waals surface area (Å²) in [6.45, 7) is 3.61. The summed E-state index contributed by atoms with van der Waals surface area (Å²) in [4.78, 5) is 31.0. The van der Waals surface area contributed by atoms with Crippen molar-refractivity contribution in [2.75, 3.05) is 4.90 Å². The van der Waals surface area contributed by atoms with E-state index in [1.807, 2.05) is 19.1 Å². The highest BCUT2D eigenvalue weighted by molar-refractivity contribution is 6.51. The molecule has 3 heterocycles. The standard InChI is InChI=1S/C21H17N3O4/c1-12-5-7-14(8-6-12)19(25)17-18(15-4-3-9-22-11-15)24(21(27)20(17)26)16-10-13(2)28-23-16/h3-11,18,25H,1-2H3. The zero-order valence-electron chi connectivity index (χ0n) is 15.3. The van der Waals surface area contributed by atoms with Gasteiger partial charge in [-0.25, -0.2) is 0 Å². The number of hydrogen-bond donors (Lipinski definition) is 1. The van der Waals surface area contributed by atoms with Crippen LogP contribution >= 0.6 is 0 Å². The van der Waals surface area contributed by atoms with Crippen LogP contribution in [0, 0.1) is 13.8 Å². The number of Topliss-reactive ketones (excluding diaryl/α,β-unsaturated/α-hetero) is 1. The fraction of sp³-hybridized carbons (Fsp3) is 0.143. The fourth-order valence-corrected chi connectivity index (χ4v) is 3.26. The SMILES string of the molecule is Cc1ccc(C(O)=C2C(=O)C(=O)N(c3cc(C)on3)C2c2cccnc2)cc1. The van der Waals surface area contributed by atoms with Crippen LogP contribution in [0.4, 0.5) is 5.82 Å². The Morgan fingerprint density at radius 1 is 1.14 bits per heavy atom. The van der Waals surface area contributed by atoms with Gasteiger partial charge in [0.2, 0.25) is 0 Å². The van der Waals surface area contributed by atoms with Crippen LogP contribution in [0.1, 0.15) is 28.5 Å². The number of amides is 1. The third-order valence-corrected chi connectivity index (χ3v) is 4.63. The summed E-state index contributed by atoms with van der Waals surface area (Å²) in [6.07, 6.45) is 3.15. The minimum Gasteiger partial charge on any atom is -0.507 e. The van der Waals surface area contributed by atoms with E-state index < -0.39 is 17.7 Å². The van der Waals surface area contributed by atoms with Crippen LogP contribution in [0.5, 0.6) is 0 Å². The van der Waals surface area contributed by atoms with Crippen LogP contribution < -0.4 is 4.90 Å². The van der Waals surface area contributed by atoms with Gasteiger partial charge in [0.05, 0.1) is 11.6 Å². The van der Waals surface area contributed by atoms with Gasteiger partial charge in [0.25, 0.3) is 5.78 Å². The molecule has 7 heteroatoms. The van der Waals surface area contributed by atoms with Crippen molar-refractivity contribution in [3.8, 4) is 0 Å². The second kappa shape index (κ2) is 6.77. The Morgan fingerprint density at radius 3 is 2.50 bits per heavy atom. The lowest BCUT2D eigenvalue weighted by molar-refractivity contribution is -0.132. The van der Waals surface area contributed by atoms with Gasteiger partial charge in [-0.15, -0.1) is 0 Å². The molecule has 7 nitrogen and oxygen atoms in total. The normalized spacial score (nSPS) is 18.6. The number of carbonyl (C=O) groups excluding carboxylic acids is 2. The second-order valence-electron chi connectivity index (χ2n) is 6.62. The third kappa shape index (κ3) is 2.87. The molecule has 28 heavy (non-hydrogen) atoms. The Balaban J connectivity index is 1.93. The minimum atomic E-state index is -0.862. The van der Waals surface area contributed by atoms with Crippen LogP contribution in [0.2, 0.25) is 0 Å². The summed E-state index contributed by atoms with van der Waals surface area (Å²) >= 11 is 0. The lowest BCUT2D eigenvalue weighted by atomic mass is 9.96. The third-order valence-electron chi connectivity index (χ3n) is 4.63. The number of aliphatic hydroxyl groups is 1. The lowest BCUT2D eigenvalue weighted by Crippen LogP contribution is -2.29. The number of carbonyl (C=O) groups is 2. The molecule has 1 fully saturated rings. The summed E-state index contributed by atoms with van der Waals surface area (Å²) in [6, 6.07) is 11.2. The van der Waals surface area contributed by atoms with Gasteiger partial charge in [0.1, 0.15) is 11.5 Å². The molecule has 1 aliphatic rings. The van der Waals surface area contributed by atoms with Crippen LogP contribution in [-0.2, 0) is 9.59 Å². The summed E-state index contributed by atoms with van der Waals surface area (Å²) in [5.74, 6) is -1.10. The minimum absolute atomic E-state index is 0.0116. The van der Waals surface area contributed by atoms with Gasteiger partial charge in [0.15, 0.2) is 5.82 Å². The first kappa shape index (κ1) is 17.7. The zero-order valence-corrected chi connectivity index (χ0v) is 15.3. The number of nitrogens with zero attached hydrogens (tertiary/aromatic N) is 3. The van der Waals surface area contributed by atoms with Crippen molar-refractivity contribution < 1.29 is 19.2 Å². The number of anilines is 1. The first-order valence-corrected chi connectivity index (χ1v) is 8.68. The molecule has 1 amide bonds. The maximum Gasteiger partial charge on any atom is 0.301 e. The average molecular weight is 375 g/mol. The average Bonchev–Trinajstić information content (AvgIpc) is 3.24. The maximum absolute atomic E-state index is 12.9. The van der Waals surface area contributed by atoms with Crippen molar-refractivity contribution in [3.05, 3.63) is 82.9 Å². The van der Waals surface area contributed by atoms with E-state index >= 15 is 0 Å². The molecule has 2 aromatic heterocycles. The van der Waals surface area contributed by atoms with E-state index in [1.54, 1.807) is 49.6 Å². The molecule has 1 saturated heterocycles. The molecule has 3 aromatic rings. The van der Waals surface area contributed by atoms with Crippen molar-refractivity contribution in [1.82, 2.24) is 10.1 Å². The Bertz CT molecular complexity index is 1080. The molecular formula is C21H17N3O4. The number of rotatable bonds is 3. The van der Waals surface area contributed by atoms with Gasteiger partial charge in [-0.2, -0.15) is 0 Å². The lowest BCUT2D eigenvalue weighted by Gasteiger charge is -2.22. The second-order valence-corrected chi connectivity index (χ2v) is 6.62. The molecule has 0 saturated carbocycles. The van der Waals surface area contributed by atoms with Gasteiger partial charge in [-0.1, -0.05) is 41.1 Å². The molecule has 1 aromatic carbocycles. The van der Waals surface area contributed by atoms with Crippen molar-refractivity contribution in [2.45, 2.75) is 19.9 Å². The number of aryl methyl sites for hydroxylation is 2. The van der Waals surface area contributed by atoms with Gasteiger partial charge < -0.3 is 9.63 Å². The van der Waals surface area contributed by atoms with Crippen LogP contribution in [-0.4, -0.2) is 26.9 Å². The quantitative estimate of drug-likeness (QED) is 0.429. The van der Waals surface area contributed by atoms with E-state index in [4.69, 9.17) is 4.52 Å². The fourth-order valence-electron chi connectivity index (χ4n) is 3.26. The highest BCUT2D eigenvalue weighted by Gasteiger charge is 2.48. The Hall–Kier alpha value is -3.74. The Morgan fingerprint density at radius 2 is 1.89 bits per heavy atom. The molecule has 0 aliphatic carbocycles. The number of aromatic nitrogens is 2. The van der Waals surface area contributed by atoms with E-state index in [2.05, 4.69) is 10.1 Å². The van der Waals surface area contributed by atoms with Gasteiger partial charge in [-0.3, -0.25) is 19.5 Å². The van der Waals surface area contributed by atoms with E-state index in [-0.39, 0.29) is 17.2 Å². The highest BCUT2D eigenvalue weighted by atomic mass is 16.5. The molecule has 1 atom stereocenters. The number of pyridine rings is 1. The molecule has 1 unspecified atom stereocenters. The smallest absolute Gasteiger partial charge is 0.301 e. The Labute approximate surface area is 160 Å². The monoisotopic (exact) mass is 375 g/mol. The highest BCUT2D eigenvalue weighted by Crippen LogP contribution is 2.41. The van der Waals surface area contributed by atoms with Crippen molar-refractivity contribution in [1.29, 1.82) is 0 Å². The van der Waals surface area contributed by atoms with Crippen LogP contribution in [0.3, 0.4) is 0 Å². The zero-order chi connectivity index (χ0) is 19.8. The molecule has 1 aliphatic heterocycles. The van der Waals surface area contributed by atoms with Crippen LogP contribution in [0.15, 0.2) is 65.0 Å². The number of ketones is 1. The maximum atomic E-state index is 12.9. The van der Waals surface area contributed by atoms with Gasteiger partial charge in [-0.05, 0) is 25.5 Å². The Kier molecular flexibility index (Phi) is 4.27. The molecule has 4 rings (SSSR count). The topological polar surface area (TPSA) is 96.5 Å². The summed E-state index contributed by atoms with van der Waals surface area (Å²) < 4.78 is 5.09. The van der Waals surface area contributed by atoms with E-state index in [0.717, 1.165) is 5.56 Å². The first-order chi connectivity index (χ1) is 13.5. The van der Waals surface area contributed by atoms with Gasteiger partial charge in [0, 0.05) is 24.0 Å². The first-order valence-electron chi connectivity index (χ1n) is 8.68. The van der Waals surface area contributed by atoms with Crippen molar-refractivity contribution in [3.63, 3.8) is 0 Å². The molecule has 0 spiro atoms. The molecule has 140 valence electrons. The predicted molar refractivity (Wildman–Crippen MR) is 101 cm³/mol. The van der Waals surface area contributed by atoms with E-state index in [1.165, 1.54) is 4.90 Å². The van der Waals surface area contributed by atoms with Crippen molar-refractivity contribution in [2.24, 2.45) is 0 Å². The van der Waals surface area contributed by atoms with E-state index in [0.29, 0.717) is 16.9 Å². The number of hydrogen-bond acceptors (Lipinski definition) is 6. The summed E-state index contributed by atoms with van der Waals surface area (Å²) in [5, 5.41) is 14.8. The van der Waals surface area contributed by atoms with Gasteiger partial charge >= 0.3 is 5.91 Å². The molecule has 1 N–H and O–H groups in total. The molecular weight excluding hydrogens is 358 g/mol. The number of benzene rings is 1.